The Morgan fingerprint density at radius 1 is 1.06 bits per heavy atom. The van der Waals surface area contributed by atoms with Gasteiger partial charge in [0, 0.05) is 43.8 Å². The Kier molecular flexibility index (Phi) is 8.42. The van der Waals surface area contributed by atoms with Gasteiger partial charge in [-0.25, -0.2) is 9.07 Å². The van der Waals surface area contributed by atoms with Crippen molar-refractivity contribution < 1.29 is 31.9 Å². The number of rotatable bonds is 7. The molecule has 1 atom stereocenters. The van der Waals surface area contributed by atoms with E-state index in [0.717, 1.165) is 12.1 Å². The maximum Gasteiger partial charge on any atom is 0.416 e. The highest BCUT2D eigenvalue weighted by molar-refractivity contribution is 6.01. The predicted molar refractivity (Wildman–Crippen MR) is 168 cm³/mol. The first-order valence-electron chi connectivity index (χ1n) is 15.0. The molecular formula is C33H30F4N8O3. The molecule has 15 heteroatoms. The number of benzene rings is 2. The number of aromatic nitrogens is 4. The summed E-state index contributed by atoms with van der Waals surface area (Å²) >= 11 is 0. The minimum absolute atomic E-state index is 0.0364. The van der Waals surface area contributed by atoms with Crippen molar-refractivity contribution in [3.8, 4) is 17.5 Å². The Balaban J connectivity index is 1.07. The Morgan fingerprint density at radius 3 is 2.54 bits per heavy atom. The number of anilines is 3. The molecule has 0 radical (unpaired) electrons. The molecule has 3 N–H and O–H groups in total. The standard InChI is InChI=1S/C33H30F4N8O3/c1-32(2,31(48)41-25-8-6-22(33(35,36)37)14-28(25)44-13-3-12-38-44)45-19-20(16-39-45)4-5-21-17-43(18-21)27-10-7-23(15-24(27)34)40-26-9-11-29(46)42-30(26)47/h3,6-8,10,12-16,19,21,26,40H,9,11,17-18H2,1-2H3,(H,41,48)(H,42,46,47). The largest absolute Gasteiger partial charge is 0.416 e. The van der Waals surface area contributed by atoms with Gasteiger partial charge in [0.25, 0.3) is 5.91 Å². The second-order valence-electron chi connectivity index (χ2n) is 12.1. The van der Waals surface area contributed by atoms with Crippen molar-refractivity contribution in [1.29, 1.82) is 0 Å². The molecule has 0 spiro atoms. The van der Waals surface area contributed by atoms with Crippen LogP contribution in [0, 0.1) is 23.6 Å². The number of imide groups is 1. The van der Waals surface area contributed by atoms with E-state index in [1.807, 2.05) is 4.90 Å². The fraction of sp³-hybridized carbons (Fsp3) is 0.303. The van der Waals surface area contributed by atoms with Crippen LogP contribution in [0.1, 0.15) is 37.8 Å². The van der Waals surface area contributed by atoms with Gasteiger partial charge < -0.3 is 15.5 Å². The molecule has 1 unspecified atom stereocenters. The fourth-order valence-electron chi connectivity index (χ4n) is 5.32. The van der Waals surface area contributed by atoms with Crippen molar-refractivity contribution in [2.75, 3.05) is 28.6 Å². The van der Waals surface area contributed by atoms with Gasteiger partial charge in [-0.1, -0.05) is 11.8 Å². The number of amides is 3. The van der Waals surface area contributed by atoms with E-state index in [4.69, 9.17) is 0 Å². The van der Waals surface area contributed by atoms with Crippen LogP contribution in [0.25, 0.3) is 5.69 Å². The summed E-state index contributed by atoms with van der Waals surface area (Å²) in [5.41, 5.74) is -0.522. The lowest BCUT2D eigenvalue weighted by molar-refractivity contribution is -0.137. The van der Waals surface area contributed by atoms with E-state index in [2.05, 4.69) is 38.0 Å². The van der Waals surface area contributed by atoms with Crippen LogP contribution in [0.3, 0.4) is 0 Å². The average Bonchev–Trinajstić information content (AvgIpc) is 3.72. The lowest BCUT2D eigenvalue weighted by atomic mass is 9.99. The summed E-state index contributed by atoms with van der Waals surface area (Å²) in [6.07, 6.45) is 2.00. The molecule has 2 fully saturated rings. The van der Waals surface area contributed by atoms with Gasteiger partial charge in [-0.2, -0.15) is 23.4 Å². The first-order valence-corrected chi connectivity index (χ1v) is 15.0. The number of nitrogens with one attached hydrogen (secondary N) is 3. The summed E-state index contributed by atoms with van der Waals surface area (Å²) in [5, 5.41) is 16.3. The van der Waals surface area contributed by atoms with Crippen LogP contribution in [0.15, 0.2) is 67.3 Å². The molecular weight excluding hydrogens is 632 g/mol. The predicted octanol–water partition coefficient (Wildman–Crippen LogP) is 4.31. The monoisotopic (exact) mass is 662 g/mol. The van der Waals surface area contributed by atoms with Crippen LogP contribution in [-0.4, -0.2) is 56.4 Å². The Morgan fingerprint density at radius 2 is 1.85 bits per heavy atom. The van der Waals surface area contributed by atoms with Crippen LogP contribution >= 0.6 is 0 Å². The summed E-state index contributed by atoms with van der Waals surface area (Å²) in [7, 11) is 0. The van der Waals surface area contributed by atoms with Crippen molar-refractivity contribution in [1.82, 2.24) is 24.9 Å². The van der Waals surface area contributed by atoms with Gasteiger partial charge in [-0.15, -0.1) is 0 Å². The third-order valence-corrected chi connectivity index (χ3v) is 8.21. The molecule has 2 aliphatic rings. The maximum absolute atomic E-state index is 14.9. The van der Waals surface area contributed by atoms with E-state index in [9.17, 15) is 31.9 Å². The molecule has 2 aromatic carbocycles. The summed E-state index contributed by atoms with van der Waals surface area (Å²) in [4.78, 5) is 38.6. The first-order chi connectivity index (χ1) is 22.8. The van der Waals surface area contributed by atoms with Gasteiger partial charge in [-0.3, -0.25) is 24.4 Å². The van der Waals surface area contributed by atoms with Crippen molar-refractivity contribution in [3.05, 3.63) is 84.2 Å². The van der Waals surface area contributed by atoms with Gasteiger partial charge >= 0.3 is 6.18 Å². The zero-order chi connectivity index (χ0) is 34.2. The Hall–Kier alpha value is -5.65. The van der Waals surface area contributed by atoms with Gasteiger partial charge in [0.2, 0.25) is 11.8 Å². The zero-order valence-corrected chi connectivity index (χ0v) is 25.8. The molecule has 0 aliphatic carbocycles. The molecule has 4 aromatic rings. The SMILES string of the molecule is CC(C)(C(=O)Nc1ccc(C(F)(F)F)cc1-n1cccn1)n1cc(C#CC2CN(c3ccc(NC4CCC(=O)NC4=O)cc3F)C2)cn1. The molecule has 6 rings (SSSR count). The molecule has 248 valence electrons. The summed E-state index contributed by atoms with van der Waals surface area (Å²) in [5.74, 6) is 4.43. The molecule has 2 aromatic heterocycles. The Labute approximate surface area is 272 Å². The highest BCUT2D eigenvalue weighted by Gasteiger charge is 2.34. The molecule has 3 amide bonds. The van der Waals surface area contributed by atoms with Crippen molar-refractivity contribution >= 4 is 34.8 Å². The van der Waals surface area contributed by atoms with Gasteiger partial charge in [0.1, 0.15) is 17.4 Å². The fourth-order valence-corrected chi connectivity index (χ4v) is 5.32. The van der Waals surface area contributed by atoms with E-state index >= 15 is 0 Å². The van der Waals surface area contributed by atoms with Crippen molar-refractivity contribution in [2.24, 2.45) is 5.92 Å². The molecule has 0 saturated carbocycles. The van der Waals surface area contributed by atoms with Crippen LogP contribution < -0.4 is 20.9 Å². The smallest absolute Gasteiger partial charge is 0.374 e. The molecule has 2 saturated heterocycles. The topological polar surface area (TPSA) is 126 Å². The van der Waals surface area contributed by atoms with Gasteiger partial charge in [0.15, 0.2) is 0 Å². The average molecular weight is 663 g/mol. The number of carbonyl (C=O) groups excluding carboxylic acids is 3. The highest BCUT2D eigenvalue weighted by atomic mass is 19.4. The number of carbonyl (C=O) groups is 3. The van der Waals surface area contributed by atoms with E-state index in [1.165, 1.54) is 40.1 Å². The number of nitrogens with zero attached hydrogens (tertiary/aromatic N) is 5. The Bertz CT molecular complexity index is 1940. The third-order valence-electron chi connectivity index (χ3n) is 8.21. The van der Waals surface area contributed by atoms with Crippen molar-refractivity contribution in [2.45, 2.75) is 44.4 Å². The summed E-state index contributed by atoms with van der Waals surface area (Å²) in [6.45, 7) is 4.23. The molecule has 4 heterocycles. The van der Waals surface area contributed by atoms with E-state index in [0.29, 0.717) is 36.4 Å². The quantitative estimate of drug-likeness (QED) is 0.153. The van der Waals surface area contributed by atoms with E-state index < -0.39 is 41.0 Å². The van der Waals surface area contributed by atoms with Crippen LogP contribution in [0.4, 0.5) is 34.6 Å². The molecule has 48 heavy (non-hydrogen) atoms. The second-order valence-corrected chi connectivity index (χ2v) is 12.1. The van der Waals surface area contributed by atoms with Crippen LogP contribution in [-0.2, 0) is 26.1 Å². The van der Waals surface area contributed by atoms with Gasteiger partial charge in [-0.05, 0) is 62.7 Å². The maximum atomic E-state index is 14.9. The number of hydrogen-bond donors (Lipinski definition) is 3. The minimum Gasteiger partial charge on any atom is -0.374 e. The second kappa shape index (κ2) is 12.5. The molecule has 2 aliphatic heterocycles. The number of alkyl halides is 3. The lowest BCUT2D eigenvalue weighted by Gasteiger charge is -2.38. The summed E-state index contributed by atoms with van der Waals surface area (Å²) < 4.78 is 57.8. The van der Waals surface area contributed by atoms with Crippen molar-refractivity contribution in [3.63, 3.8) is 0 Å². The van der Waals surface area contributed by atoms with Gasteiger partial charge in [0.05, 0.1) is 40.3 Å². The number of halogens is 4. The first kappa shape index (κ1) is 32.3. The lowest BCUT2D eigenvalue weighted by Crippen LogP contribution is -2.47. The van der Waals surface area contributed by atoms with Crippen LogP contribution in [0.2, 0.25) is 0 Å². The normalized spacial score (nSPS) is 16.9. The van der Waals surface area contributed by atoms with E-state index in [1.54, 1.807) is 38.2 Å². The third kappa shape index (κ3) is 6.73. The molecule has 0 bridgehead atoms. The van der Waals surface area contributed by atoms with Crippen LogP contribution in [0.5, 0.6) is 0 Å². The number of hydrogen-bond acceptors (Lipinski definition) is 7. The zero-order valence-electron chi connectivity index (χ0n) is 25.8. The highest BCUT2D eigenvalue weighted by Crippen LogP contribution is 2.34. The molecule has 11 nitrogen and oxygen atoms in total. The minimum atomic E-state index is -4.58. The number of piperidine rings is 1. The van der Waals surface area contributed by atoms with E-state index in [-0.39, 0.29) is 29.6 Å². The summed E-state index contributed by atoms with van der Waals surface area (Å²) in [6, 6.07) is 8.59.